The second-order valence-electron chi connectivity index (χ2n) is 5.02. The Hall–Kier alpha value is -1.24. The van der Waals surface area contributed by atoms with Gasteiger partial charge in [0.25, 0.3) is 5.89 Å². The van der Waals surface area contributed by atoms with Crippen LogP contribution in [0.15, 0.2) is 21.9 Å². The number of piperidine rings is 1. The summed E-state index contributed by atoms with van der Waals surface area (Å²) in [5, 5.41) is 13.8. The molecule has 0 amide bonds. The number of hydrogen-bond donors (Lipinski definition) is 1. The highest BCUT2D eigenvalue weighted by Gasteiger charge is 2.21. The Bertz CT molecular complexity index is 519. The van der Waals surface area contributed by atoms with E-state index < -0.39 is 0 Å². The number of nitrogens with zero attached hydrogens (tertiary/aromatic N) is 3. The van der Waals surface area contributed by atoms with E-state index in [1.165, 1.54) is 12.8 Å². The lowest BCUT2D eigenvalue weighted by atomic mass is 10.0. The Balaban J connectivity index is 1.66. The van der Waals surface area contributed by atoms with E-state index in [9.17, 15) is 0 Å². The Labute approximate surface area is 123 Å². The first-order valence-electron chi connectivity index (χ1n) is 7.18. The monoisotopic (exact) mass is 292 g/mol. The fourth-order valence-electron chi connectivity index (χ4n) is 2.66. The minimum atomic E-state index is 0.623. The molecule has 1 N–H and O–H groups in total. The molecule has 0 radical (unpaired) electrons. The van der Waals surface area contributed by atoms with Crippen molar-refractivity contribution in [3.05, 3.63) is 23.4 Å². The fraction of sp³-hybridized carbons (Fsp3) is 0.571. The predicted octanol–water partition coefficient (Wildman–Crippen LogP) is 2.37. The normalized spacial score (nSPS) is 16.9. The molecule has 2 aromatic rings. The first-order chi connectivity index (χ1) is 9.86. The lowest BCUT2D eigenvalue weighted by molar-refractivity contribution is 0.149. The maximum absolute atomic E-state index is 5.78. The topological polar surface area (TPSA) is 54.2 Å². The van der Waals surface area contributed by atoms with Gasteiger partial charge in [-0.1, -0.05) is 13.0 Å². The summed E-state index contributed by atoms with van der Waals surface area (Å²) in [5.41, 5.74) is 0. The molecule has 0 bridgehead atoms. The van der Waals surface area contributed by atoms with Gasteiger partial charge in [-0.05, 0) is 43.9 Å². The van der Waals surface area contributed by atoms with Crippen molar-refractivity contribution in [2.24, 2.45) is 0 Å². The van der Waals surface area contributed by atoms with Gasteiger partial charge in [-0.2, -0.15) is 0 Å². The van der Waals surface area contributed by atoms with Crippen LogP contribution in [-0.2, 0) is 6.54 Å². The number of aromatic nitrogens is 2. The van der Waals surface area contributed by atoms with Crippen LogP contribution < -0.4 is 5.32 Å². The van der Waals surface area contributed by atoms with Crippen LogP contribution in [0.25, 0.3) is 10.8 Å². The Morgan fingerprint density at radius 1 is 1.40 bits per heavy atom. The molecule has 6 heteroatoms. The van der Waals surface area contributed by atoms with Crippen LogP contribution in [-0.4, -0.2) is 40.8 Å². The van der Waals surface area contributed by atoms with Crippen molar-refractivity contribution >= 4 is 11.3 Å². The number of rotatable bonds is 5. The van der Waals surface area contributed by atoms with Crippen molar-refractivity contribution in [1.82, 2.24) is 20.4 Å². The zero-order valence-electron chi connectivity index (χ0n) is 11.7. The van der Waals surface area contributed by atoms with Gasteiger partial charge in [0.15, 0.2) is 0 Å². The molecule has 0 aromatic carbocycles. The third kappa shape index (κ3) is 3.08. The van der Waals surface area contributed by atoms with Gasteiger partial charge < -0.3 is 9.73 Å². The summed E-state index contributed by atoms with van der Waals surface area (Å²) in [6.07, 6.45) is 2.39. The van der Waals surface area contributed by atoms with Gasteiger partial charge >= 0.3 is 0 Å². The van der Waals surface area contributed by atoms with Gasteiger partial charge in [-0.15, -0.1) is 21.5 Å². The van der Waals surface area contributed by atoms with E-state index in [1.807, 2.05) is 17.5 Å². The Kier molecular flexibility index (Phi) is 4.44. The van der Waals surface area contributed by atoms with E-state index in [0.717, 1.165) is 31.1 Å². The molecule has 5 nitrogen and oxygen atoms in total. The van der Waals surface area contributed by atoms with Gasteiger partial charge in [0.2, 0.25) is 5.89 Å². The number of thiophene rings is 1. The summed E-state index contributed by atoms with van der Waals surface area (Å²) in [6.45, 7) is 6.16. The largest absolute Gasteiger partial charge is 0.419 e. The first kappa shape index (κ1) is 13.7. The molecule has 1 fully saturated rings. The Morgan fingerprint density at radius 3 is 2.95 bits per heavy atom. The van der Waals surface area contributed by atoms with Gasteiger partial charge in [0.1, 0.15) is 0 Å². The highest BCUT2D eigenvalue weighted by Crippen LogP contribution is 2.24. The van der Waals surface area contributed by atoms with Gasteiger partial charge in [-0.3, -0.25) is 4.90 Å². The SMILES string of the molecule is CCN(Cc1nnc(-c2cccs2)o1)C1CCNCC1. The standard InChI is InChI=1S/C14H20N4OS/c1-2-18(11-5-7-15-8-6-11)10-13-16-17-14(19-13)12-4-3-9-20-12/h3-4,9,11,15H,2,5-8,10H2,1H3. The minimum absolute atomic E-state index is 0.623. The number of hydrogen-bond acceptors (Lipinski definition) is 6. The van der Waals surface area contributed by atoms with Crippen LogP contribution in [0, 0.1) is 0 Å². The van der Waals surface area contributed by atoms with Crippen LogP contribution in [0.5, 0.6) is 0 Å². The minimum Gasteiger partial charge on any atom is -0.419 e. The molecule has 108 valence electrons. The third-order valence-electron chi connectivity index (χ3n) is 3.77. The molecule has 2 aromatic heterocycles. The molecule has 1 saturated heterocycles. The molecule has 0 aliphatic carbocycles. The van der Waals surface area contributed by atoms with Crippen LogP contribution in [0.2, 0.25) is 0 Å². The van der Waals surface area contributed by atoms with Crippen LogP contribution in [0.3, 0.4) is 0 Å². The molecule has 0 unspecified atom stereocenters. The molecule has 3 heterocycles. The van der Waals surface area contributed by atoms with E-state index in [0.29, 0.717) is 17.8 Å². The second-order valence-corrected chi connectivity index (χ2v) is 5.97. The lowest BCUT2D eigenvalue weighted by Crippen LogP contribution is -2.42. The maximum atomic E-state index is 5.78. The summed E-state index contributed by atoms with van der Waals surface area (Å²) in [5.74, 6) is 1.35. The molecule has 20 heavy (non-hydrogen) atoms. The maximum Gasteiger partial charge on any atom is 0.257 e. The summed E-state index contributed by atoms with van der Waals surface area (Å²) in [6, 6.07) is 4.63. The molecule has 1 aliphatic rings. The molecule has 1 aliphatic heterocycles. The quantitative estimate of drug-likeness (QED) is 0.917. The lowest BCUT2D eigenvalue weighted by Gasteiger charge is -2.32. The smallest absolute Gasteiger partial charge is 0.257 e. The second kappa shape index (κ2) is 6.47. The van der Waals surface area contributed by atoms with Crippen molar-refractivity contribution in [2.75, 3.05) is 19.6 Å². The van der Waals surface area contributed by atoms with E-state index in [4.69, 9.17) is 4.42 Å². The molecular weight excluding hydrogens is 272 g/mol. The Morgan fingerprint density at radius 2 is 2.25 bits per heavy atom. The van der Waals surface area contributed by atoms with E-state index in [2.05, 4.69) is 27.3 Å². The summed E-state index contributed by atoms with van der Waals surface area (Å²) < 4.78 is 5.78. The van der Waals surface area contributed by atoms with E-state index in [-0.39, 0.29) is 0 Å². The zero-order valence-corrected chi connectivity index (χ0v) is 12.5. The number of nitrogens with one attached hydrogen (secondary N) is 1. The van der Waals surface area contributed by atoms with Crippen LogP contribution >= 0.6 is 11.3 Å². The summed E-state index contributed by atoms with van der Waals surface area (Å²) >= 11 is 1.62. The van der Waals surface area contributed by atoms with Crippen molar-refractivity contribution < 1.29 is 4.42 Å². The van der Waals surface area contributed by atoms with Crippen molar-refractivity contribution in [3.8, 4) is 10.8 Å². The first-order valence-corrected chi connectivity index (χ1v) is 8.06. The average molecular weight is 292 g/mol. The highest BCUT2D eigenvalue weighted by molar-refractivity contribution is 7.13. The zero-order chi connectivity index (χ0) is 13.8. The molecule has 0 atom stereocenters. The van der Waals surface area contributed by atoms with Gasteiger partial charge in [0.05, 0.1) is 11.4 Å². The van der Waals surface area contributed by atoms with Gasteiger partial charge in [0, 0.05) is 6.04 Å². The van der Waals surface area contributed by atoms with E-state index in [1.54, 1.807) is 11.3 Å². The van der Waals surface area contributed by atoms with Crippen molar-refractivity contribution in [1.29, 1.82) is 0 Å². The fourth-order valence-corrected chi connectivity index (χ4v) is 3.31. The van der Waals surface area contributed by atoms with Crippen molar-refractivity contribution in [3.63, 3.8) is 0 Å². The van der Waals surface area contributed by atoms with Crippen LogP contribution in [0.4, 0.5) is 0 Å². The molecule has 3 rings (SSSR count). The average Bonchev–Trinajstić information content (AvgIpc) is 3.16. The predicted molar refractivity (Wildman–Crippen MR) is 79.6 cm³/mol. The van der Waals surface area contributed by atoms with Crippen molar-refractivity contribution in [2.45, 2.75) is 32.4 Å². The summed E-state index contributed by atoms with van der Waals surface area (Å²) in [7, 11) is 0. The van der Waals surface area contributed by atoms with E-state index >= 15 is 0 Å². The third-order valence-corrected chi connectivity index (χ3v) is 4.63. The van der Waals surface area contributed by atoms with Gasteiger partial charge in [-0.25, -0.2) is 0 Å². The van der Waals surface area contributed by atoms with Crippen LogP contribution in [0.1, 0.15) is 25.7 Å². The molecule has 0 spiro atoms. The highest BCUT2D eigenvalue weighted by atomic mass is 32.1. The molecule has 0 saturated carbocycles. The molecular formula is C14H20N4OS. The summed E-state index contributed by atoms with van der Waals surface area (Å²) in [4.78, 5) is 3.47.